The molecule has 2 atom stereocenters. The predicted octanol–water partition coefficient (Wildman–Crippen LogP) is -0.0879. The number of amides is 2. The Morgan fingerprint density at radius 2 is 1.67 bits per heavy atom. The quantitative estimate of drug-likeness (QED) is 0.582. The number of hydrogen-bond donors (Lipinski definition) is 2. The molecule has 1 aromatic rings. The fourth-order valence-corrected chi connectivity index (χ4v) is 2.83. The van der Waals surface area contributed by atoms with Crippen LogP contribution in [0.3, 0.4) is 0 Å². The maximum Gasteiger partial charge on any atom is 0.282 e. The summed E-state index contributed by atoms with van der Waals surface area (Å²) in [6.45, 7) is 0. The van der Waals surface area contributed by atoms with E-state index in [4.69, 9.17) is 0 Å². The van der Waals surface area contributed by atoms with Gasteiger partial charge in [0.2, 0.25) is 5.91 Å². The molecule has 1 aromatic carbocycles. The van der Waals surface area contributed by atoms with E-state index in [-0.39, 0.29) is 5.56 Å². The third-order valence-corrected chi connectivity index (χ3v) is 4.05. The summed E-state index contributed by atoms with van der Waals surface area (Å²) in [6, 6.07) is 5.30. The van der Waals surface area contributed by atoms with Gasteiger partial charge in [-0.1, -0.05) is 25.0 Å². The van der Waals surface area contributed by atoms with Gasteiger partial charge < -0.3 is 9.90 Å². The van der Waals surface area contributed by atoms with Crippen LogP contribution in [0, 0.1) is 22.0 Å². The van der Waals surface area contributed by atoms with Crippen LogP contribution >= 0.6 is 0 Å². The molecule has 1 saturated carbocycles. The summed E-state index contributed by atoms with van der Waals surface area (Å²) in [6.07, 6.45) is 2.13. The molecule has 0 unspecified atom stereocenters. The summed E-state index contributed by atoms with van der Waals surface area (Å²) < 4.78 is 0. The maximum absolute atomic E-state index is 12.1. The summed E-state index contributed by atoms with van der Waals surface area (Å²) in [5.74, 6) is -4.48. The summed E-state index contributed by atoms with van der Waals surface area (Å²) in [5, 5.41) is 22.0. The van der Waals surface area contributed by atoms with Gasteiger partial charge in [-0.05, 0) is 18.9 Å². The molecular formula is C15H16N3O6-. The van der Waals surface area contributed by atoms with E-state index in [1.807, 2.05) is 0 Å². The molecule has 24 heavy (non-hydrogen) atoms. The van der Waals surface area contributed by atoms with E-state index >= 15 is 0 Å². The largest absolute Gasteiger partial charge is 0.550 e. The Bertz CT molecular complexity index is 675. The number of benzene rings is 1. The van der Waals surface area contributed by atoms with Crippen molar-refractivity contribution in [3.8, 4) is 0 Å². The predicted molar refractivity (Wildman–Crippen MR) is 79.2 cm³/mol. The molecule has 0 spiro atoms. The van der Waals surface area contributed by atoms with Gasteiger partial charge in [0, 0.05) is 23.9 Å². The molecule has 9 nitrogen and oxygen atoms in total. The number of nitrogens with one attached hydrogen (secondary N) is 2. The van der Waals surface area contributed by atoms with E-state index in [1.54, 1.807) is 0 Å². The molecule has 2 amide bonds. The Morgan fingerprint density at radius 3 is 2.29 bits per heavy atom. The van der Waals surface area contributed by atoms with Crippen molar-refractivity contribution in [2.24, 2.45) is 11.8 Å². The van der Waals surface area contributed by atoms with Crippen LogP contribution in [-0.2, 0) is 9.59 Å². The molecule has 9 heteroatoms. The monoisotopic (exact) mass is 334 g/mol. The molecule has 0 heterocycles. The fraction of sp³-hybridized carbons (Fsp3) is 0.400. The first-order valence-corrected chi connectivity index (χ1v) is 7.46. The summed E-state index contributed by atoms with van der Waals surface area (Å²) >= 11 is 0. The van der Waals surface area contributed by atoms with E-state index in [9.17, 15) is 29.6 Å². The Hall–Kier alpha value is -2.97. The molecule has 0 aromatic heterocycles. The lowest BCUT2D eigenvalue weighted by Gasteiger charge is -2.31. The van der Waals surface area contributed by atoms with E-state index in [0.29, 0.717) is 25.7 Å². The number of nitro benzene ring substituents is 1. The van der Waals surface area contributed by atoms with Crippen LogP contribution in [0.1, 0.15) is 36.0 Å². The van der Waals surface area contributed by atoms with E-state index in [0.717, 1.165) is 0 Å². The molecule has 1 aliphatic rings. The Balaban J connectivity index is 2.02. The van der Waals surface area contributed by atoms with Crippen molar-refractivity contribution in [3.63, 3.8) is 0 Å². The minimum Gasteiger partial charge on any atom is -0.550 e. The van der Waals surface area contributed by atoms with Gasteiger partial charge in [0.15, 0.2) is 0 Å². The zero-order chi connectivity index (χ0) is 17.7. The molecule has 0 saturated heterocycles. The second-order valence-corrected chi connectivity index (χ2v) is 5.53. The number of nitro groups is 1. The third-order valence-electron chi connectivity index (χ3n) is 4.05. The number of para-hydroxylation sites is 1. The first kappa shape index (κ1) is 17.4. The smallest absolute Gasteiger partial charge is 0.282 e. The maximum atomic E-state index is 12.1. The van der Waals surface area contributed by atoms with Gasteiger partial charge >= 0.3 is 0 Å². The van der Waals surface area contributed by atoms with Crippen LogP contribution in [0.5, 0.6) is 0 Å². The topological polar surface area (TPSA) is 141 Å². The van der Waals surface area contributed by atoms with Crippen molar-refractivity contribution in [3.05, 3.63) is 39.9 Å². The average molecular weight is 334 g/mol. The second-order valence-electron chi connectivity index (χ2n) is 5.53. The molecule has 2 N–H and O–H groups in total. The molecule has 0 aliphatic heterocycles. The molecule has 128 valence electrons. The Kier molecular flexibility index (Phi) is 5.46. The van der Waals surface area contributed by atoms with Crippen LogP contribution in [0.2, 0.25) is 0 Å². The Labute approximate surface area is 137 Å². The highest BCUT2D eigenvalue weighted by Crippen LogP contribution is 2.29. The minimum atomic E-state index is -1.29. The van der Waals surface area contributed by atoms with Crippen LogP contribution < -0.4 is 16.0 Å². The van der Waals surface area contributed by atoms with Crippen LogP contribution in [0.25, 0.3) is 0 Å². The van der Waals surface area contributed by atoms with Gasteiger partial charge in [-0.2, -0.15) is 0 Å². The SMILES string of the molecule is O=C(NNC(=O)[C@@H]1CCCC[C@@H]1C(=O)[O-])c1ccccc1[N+](=O)[O-]. The van der Waals surface area contributed by atoms with E-state index in [1.165, 1.54) is 24.3 Å². The highest BCUT2D eigenvalue weighted by Gasteiger charge is 2.32. The number of carboxylic acids is 1. The van der Waals surface area contributed by atoms with Crippen molar-refractivity contribution >= 4 is 23.5 Å². The standard InChI is InChI=1S/C15H17N3O6/c19-13(9-5-1-2-6-10(9)15(21)22)16-17-14(20)11-7-3-4-8-12(11)18(23)24/h3-4,7-10H,1-2,5-6H2,(H,16,19)(H,17,20)(H,21,22)/p-1/t9-,10+/m1/s1. The van der Waals surface area contributed by atoms with Crippen molar-refractivity contribution in [2.45, 2.75) is 25.7 Å². The zero-order valence-corrected chi connectivity index (χ0v) is 12.7. The van der Waals surface area contributed by atoms with Crippen LogP contribution in [0.4, 0.5) is 5.69 Å². The molecule has 0 radical (unpaired) electrons. The number of carbonyl (C=O) groups excluding carboxylic acids is 3. The minimum absolute atomic E-state index is 0.206. The van der Waals surface area contributed by atoms with Crippen molar-refractivity contribution in [1.29, 1.82) is 0 Å². The lowest BCUT2D eigenvalue weighted by Crippen LogP contribution is -2.49. The number of rotatable bonds is 4. The van der Waals surface area contributed by atoms with E-state index < -0.39 is 40.2 Å². The third kappa shape index (κ3) is 3.86. The number of carboxylic acid groups (broad SMARTS) is 1. The summed E-state index contributed by atoms with van der Waals surface area (Å²) in [5.41, 5.74) is 3.64. The van der Waals surface area contributed by atoms with E-state index in [2.05, 4.69) is 10.9 Å². The lowest BCUT2D eigenvalue weighted by atomic mass is 9.79. The second kappa shape index (κ2) is 7.53. The highest BCUT2D eigenvalue weighted by molar-refractivity contribution is 5.99. The first-order chi connectivity index (χ1) is 11.4. The number of nitrogens with zero attached hydrogens (tertiary/aromatic N) is 1. The van der Waals surface area contributed by atoms with Gasteiger partial charge in [0.1, 0.15) is 5.56 Å². The first-order valence-electron chi connectivity index (χ1n) is 7.46. The number of aliphatic carboxylic acids is 1. The summed E-state index contributed by atoms with van der Waals surface area (Å²) in [4.78, 5) is 45.4. The molecule has 0 bridgehead atoms. The van der Waals surface area contributed by atoms with Gasteiger partial charge in [-0.25, -0.2) is 0 Å². The van der Waals surface area contributed by atoms with Crippen molar-refractivity contribution in [1.82, 2.24) is 10.9 Å². The summed E-state index contributed by atoms with van der Waals surface area (Å²) in [7, 11) is 0. The zero-order valence-electron chi connectivity index (χ0n) is 12.7. The average Bonchev–Trinajstić information content (AvgIpc) is 2.59. The van der Waals surface area contributed by atoms with Gasteiger partial charge in [0.25, 0.3) is 11.6 Å². The fourth-order valence-electron chi connectivity index (χ4n) is 2.83. The Morgan fingerprint density at radius 1 is 1.04 bits per heavy atom. The lowest BCUT2D eigenvalue weighted by molar-refractivity contribution is -0.385. The molecule has 1 fully saturated rings. The van der Waals surface area contributed by atoms with Gasteiger partial charge in [-0.3, -0.25) is 30.6 Å². The number of carbonyl (C=O) groups is 3. The van der Waals surface area contributed by atoms with Crippen LogP contribution in [0.15, 0.2) is 24.3 Å². The molecule has 1 aliphatic carbocycles. The van der Waals surface area contributed by atoms with Gasteiger partial charge in [-0.15, -0.1) is 0 Å². The normalized spacial score (nSPS) is 20.0. The van der Waals surface area contributed by atoms with Crippen molar-refractivity contribution in [2.75, 3.05) is 0 Å². The molecule has 2 rings (SSSR count). The van der Waals surface area contributed by atoms with Crippen molar-refractivity contribution < 1.29 is 24.4 Å². The van der Waals surface area contributed by atoms with Gasteiger partial charge in [0.05, 0.1) is 4.92 Å². The highest BCUT2D eigenvalue weighted by atomic mass is 16.6. The van der Waals surface area contributed by atoms with Crippen LogP contribution in [-0.4, -0.2) is 22.7 Å². The number of hydrazine groups is 1. The molecular weight excluding hydrogens is 318 g/mol. The number of hydrogen-bond acceptors (Lipinski definition) is 6.